The molecule has 0 spiro atoms. The van der Waals surface area contributed by atoms with Gasteiger partial charge in [0.15, 0.2) is 11.5 Å². The number of aliphatic hydroxyl groups excluding tert-OH is 4. The monoisotopic (exact) mass is 462 g/mol. The van der Waals surface area contributed by atoms with Crippen molar-refractivity contribution in [3.63, 3.8) is 0 Å². The maximum absolute atomic E-state index is 13.0. The number of ether oxygens (including phenoxy) is 3. The van der Waals surface area contributed by atoms with Crippen molar-refractivity contribution in [2.75, 3.05) is 13.7 Å². The van der Waals surface area contributed by atoms with E-state index >= 15 is 0 Å². The summed E-state index contributed by atoms with van der Waals surface area (Å²) >= 11 is 0. The Bertz CT molecular complexity index is 1220. The first-order valence-electron chi connectivity index (χ1n) is 9.88. The summed E-state index contributed by atoms with van der Waals surface area (Å²) in [5.74, 6) is -0.615. The number of aliphatic hydroxyl groups is 4. The molecule has 4 rings (SSSR count). The van der Waals surface area contributed by atoms with Gasteiger partial charge in [-0.05, 0) is 17.7 Å². The molecule has 176 valence electrons. The zero-order valence-electron chi connectivity index (χ0n) is 17.3. The number of benzene rings is 2. The third-order valence-corrected chi connectivity index (χ3v) is 5.43. The van der Waals surface area contributed by atoms with Crippen LogP contribution >= 0.6 is 0 Å². The molecule has 1 aliphatic heterocycles. The predicted molar refractivity (Wildman–Crippen MR) is 112 cm³/mol. The van der Waals surface area contributed by atoms with E-state index in [0.29, 0.717) is 5.75 Å². The van der Waals surface area contributed by atoms with E-state index in [0.717, 1.165) is 0 Å². The highest BCUT2D eigenvalue weighted by molar-refractivity contribution is 5.88. The molecule has 0 amide bonds. The topological polar surface area (TPSA) is 179 Å². The number of hydrogen-bond donors (Lipinski definition) is 6. The highest BCUT2D eigenvalue weighted by atomic mass is 16.7. The van der Waals surface area contributed by atoms with Gasteiger partial charge in [0.05, 0.1) is 19.3 Å². The lowest BCUT2D eigenvalue weighted by Crippen LogP contribution is -2.60. The number of methoxy groups -OCH3 is 1. The molecule has 1 fully saturated rings. The van der Waals surface area contributed by atoms with Crippen molar-refractivity contribution in [1.29, 1.82) is 0 Å². The Kier molecular flexibility index (Phi) is 6.15. The molecule has 5 atom stereocenters. The summed E-state index contributed by atoms with van der Waals surface area (Å²) < 4.78 is 21.3. The number of rotatable bonds is 5. The molecule has 1 saturated heterocycles. The summed E-state index contributed by atoms with van der Waals surface area (Å²) in [6, 6.07) is 6.63. The second-order valence-electron chi connectivity index (χ2n) is 7.50. The van der Waals surface area contributed by atoms with Gasteiger partial charge in [-0.3, -0.25) is 4.79 Å². The van der Waals surface area contributed by atoms with Crippen molar-refractivity contribution in [2.24, 2.45) is 0 Å². The minimum atomic E-state index is -1.69. The van der Waals surface area contributed by atoms with Crippen molar-refractivity contribution in [3.05, 3.63) is 46.8 Å². The largest absolute Gasteiger partial charge is 0.507 e. The fraction of sp³-hybridized carbons (Fsp3) is 0.318. The summed E-state index contributed by atoms with van der Waals surface area (Å²) in [5, 5.41) is 59.7. The van der Waals surface area contributed by atoms with Crippen molar-refractivity contribution < 1.29 is 49.3 Å². The average molecular weight is 462 g/mol. The molecule has 2 aromatic carbocycles. The maximum atomic E-state index is 13.0. The Balaban J connectivity index is 1.71. The molecule has 6 N–H and O–H groups in total. The van der Waals surface area contributed by atoms with Gasteiger partial charge < -0.3 is 49.3 Å². The smallest absolute Gasteiger partial charge is 0.229 e. The lowest BCUT2D eigenvalue weighted by Gasteiger charge is -2.39. The molecule has 2 heterocycles. The quantitative estimate of drug-likeness (QED) is 0.302. The third kappa shape index (κ3) is 4.08. The van der Waals surface area contributed by atoms with Gasteiger partial charge in [-0.2, -0.15) is 0 Å². The van der Waals surface area contributed by atoms with E-state index in [1.54, 1.807) is 0 Å². The molecular formula is C22H22O11. The van der Waals surface area contributed by atoms with Crippen LogP contribution in [-0.4, -0.2) is 75.1 Å². The van der Waals surface area contributed by atoms with E-state index in [-0.39, 0.29) is 39.3 Å². The number of aromatic hydroxyl groups is 2. The van der Waals surface area contributed by atoms with Crippen molar-refractivity contribution in [1.82, 2.24) is 0 Å². The van der Waals surface area contributed by atoms with Crippen LogP contribution in [0.2, 0.25) is 0 Å². The Labute approximate surface area is 186 Å². The van der Waals surface area contributed by atoms with Crippen LogP contribution in [0.25, 0.3) is 22.1 Å². The number of phenols is 2. The van der Waals surface area contributed by atoms with E-state index in [9.17, 15) is 35.4 Å². The Morgan fingerprint density at radius 2 is 1.76 bits per heavy atom. The molecule has 11 nitrogen and oxygen atoms in total. The van der Waals surface area contributed by atoms with Gasteiger partial charge in [-0.25, -0.2) is 0 Å². The summed E-state index contributed by atoms with van der Waals surface area (Å²) in [4.78, 5) is 13.0. The average Bonchev–Trinajstić information content (AvgIpc) is 2.80. The fourth-order valence-corrected chi connectivity index (χ4v) is 3.59. The van der Waals surface area contributed by atoms with Crippen LogP contribution < -0.4 is 14.9 Å². The first kappa shape index (κ1) is 22.8. The van der Waals surface area contributed by atoms with E-state index in [1.807, 2.05) is 0 Å². The van der Waals surface area contributed by atoms with Crippen LogP contribution in [0, 0.1) is 0 Å². The van der Waals surface area contributed by atoms with Crippen molar-refractivity contribution in [2.45, 2.75) is 30.7 Å². The second-order valence-corrected chi connectivity index (χ2v) is 7.50. The zero-order chi connectivity index (χ0) is 23.9. The SMILES string of the molecule is COc1cc(O)c2c(=O)c(-c3ccc(O)c(OC4OC(CO)C(O)C(O)C4O)c3)coc2c1. The Morgan fingerprint density at radius 3 is 2.45 bits per heavy atom. The fourth-order valence-electron chi connectivity index (χ4n) is 3.59. The summed E-state index contributed by atoms with van der Waals surface area (Å²) in [6.45, 7) is -0.650. The molecule has 0 aliphatic carbocycles. The van der Waals surface area contributed by atoms with E-state index < -0.39 is 42.7 Å². The molecule has 0 radical (unpaired) electrons. The molecule has 1 aliphatic rings. The molecule has 5 unspecified atom stereocenters. The standard InChI is InChI=1S/C22H22O11/c1-30-10-5-13(25)17-15(6-10)31-8-11(18(17)26)9-2-3-12(24)14(4-9)32-22-21(29)20(28)19(27)16(7-23)33-22/h2-6,8,16,19-25,27-29H,7H2,1H3. The lowest BCUT2D eigenvalue weighted by molar-refractivity contribution is -0.277. The molecule has 11 heteroatoms. The highest BCUT2D eigenvalue weighted by Gasteiger charge is 2.45. The van der Waals surface area contributed by atoms with Crippen molar-refractivity contribution >= 4 is 11.0 Å². The van der Waals surface area contributed by atoms with Gasteiger partial charge in [0.25, 0.3) is 0 Å². The molecular weight excluding hydrogens is 440 g/mol. The van der Waals surface area contributed by atoms with Crippen LogP contribution in [0.15, 0.2) is 45.8 Å². The predicted octanol–water partition coefficient (Wildman–Crippen LogP) is 0.0585. The van der Waals surface area contributed by atoms with Crippen molar-refractivity contribution in [3.8, 4) is 34.1 Å². The van der Waals surface area contributed by atoms with Gasteiger partial charge >= 0.3 is 0 Å². The Hall–Kier alpha value is -3.35. The van der Waals surface area contributed by atoms with E-state index in [2.05, 4.69) is 0 Å². The van der Waals surface area contributed by atoms with Crippen LogP contribution in [0.1, 0.15) is 0 Å². The molecule has 0 bridgehead atoms. The van der Waals surface area contributed by atoms with E-state index in [1.165, 1.54) is 43.7 Å². The molecule has 1 aromatic heterocycles. The van der Waals surface area contributed by atoms with Gasteiger partial charge in [0, 0.05) is 12.1 Å². The van der Waals surface area contributed by atoms with Gasteiger partial charge in [-0.15, -0.1) is 0 Å². The normalized spacial score (nSPS) is 25.2. The zero-order valence-corrected chi connectivity index (χ0v) is 17.3. The van der Waals surface area contributed by atoms with Crippen LogP contribution in [0.5, 0.6) is 23.0 Å². The van der Waals surface area contributed by atoms with E-state index in [4.69, 9.17) is 18.6 Å². The summed E-state index contributed by atoms with van der Waals surface area (Å²) in [7, 11) is 1.40. The Morgan fingerprint density at radius 1 is 1.00 bits per heavy atom. The maximum Gasteiger partial charge on any atom is 0.229 e. The first-order chi connectivity index (χ1) is 15.7. The number of hydrogen-bond acceptors (Lipinski definition) is 11. The summed E-state index contributed by atoms with van der Waals surface area (Å²) in [6.07, 6.45) is -6.49. The molecule has 3 aromatic rings. The van der Waals surface area contributed by atoms with Crippen LogP contribution in [-0.2, 0) is 4.74 Å². The minimum Gasteiger partial charge on any atom is -0.507 e. The lowest BCUT2D eigenvalue weighted by atomic mass is 9.99. The minimum absolute atomic E-state index is 0.0432. The number of phenolic OH excluding ortho intramolecular Hbond substituents is 2. The van der Waals surface area contributed by atoms with Crippen LogP contribution in [0.4, 0.5) is 0 Å². The third-order valence-electron chi connectivity index (χ3n) is 5.43. The number of fused-ring (bicyclic) bond motifs is 1. The first-order valence-corrected chi connectivity index (χ1v) is 9.88. The molecule has 0 saturated carbocycles. The second kappa shape index (κ2) is 8.89. The van der Waals surface area contributed by atoms with Gasteiger partial charge in [0.1, 0.15) is 53.1 Å². The van der Waals surface area contributed by atoms with Gasteiger partial charge in [-0.1, -0.05) is 6.07 Å². The summed E-state index contributed by atoms with van der Waals surface area (Å²) in [5.41, 5.74) is -0.155. The van der Waals surface area contributed by atoms with Gasteiger partial charge in [0.2, 0.25) is 11.7 Å². The molecule has 33 heavy (non-hydrogen) atoms. The highest BCUT2D eigenvalue weighted by Crippen LogP contribution is 2.35. The van der Waals surface area contributed by atoms with Crippen LogP contribution in [0.3, 0.4) is 0 Å².